The number of nitrogens with one attached hydrogen (secondary N) is 3. The minimum absolute atomic E-state index is 0.119. The van der Waals surface area contributed by atoms with Crippen LogP contribution in [0.4, 0.5) is 10.2 Å². The molecular weight excluding hydrogens is 1330 g/mol. The highest BCUT2D eigenvalue weighted by atomic mass is 31.2. The summed E-state index contributed by atoms with van der Waals surface area (Å²) in [6.07, 6.45) is -18.3. The zero-order chi connectivity index (χ0) is 69.7. The van der Waals surface area contributed by atoms with Gasteiger partial charge in [-0.3, -0.25) is 65.2 Å². The number of nitrogens with zero attached hydrogens (tertiary/aromatic N) is 6. The number of aliphatic hydroxyl groups is 1. The number of aromatic amines is 2. The lowest BCUT2D eigenvalue weighted by atomic mass is 9.80. The van der Waals surface area contributed by atoms with Gasteiger partial charge >= 0.3 is 32.7 Å². The number of carbonyl (C=O) groups is 1. The number of amides is 1. The maximum Gasteiger partial charge on any atom is 0.475 e. The standard InChI is InChI=1S/C63H66FN9O23P2/c1-66-29-34-89-98(82,95-52-45(93-57(50(52)64)71-31-26-48(74)69-61(71)79)35-87-63(39-15-10-7-11-16-39,40-17-21-42(83-2)22-18-40)41-19-23-43(84-3)24-20-41)91-37-46-53(55(86-5)59(94-46)73-32-27-49(75)70-62(73)80)96-97(81,88-33-12-28-65)90-36-44-51(76)54(85-4)58(92-44)72-30-25-47(68-60(72)78)67-56(77)38-13-8-6-9-14-38/h6-11,13-27,30-32,44-46,50-55,57-59,76H,12,29,33-37H2,2-5H3,(H,69,74,79)(H,70,75,80)(H,67,68,77,78)/t44-,45-,46-,50-,51-,52-,53-,54-,55-,57-,58-,59-,97?,98?/m1/s1. The molecule has 2 unspecified atom stereocenters. The molecule has 32 nitrogen and oxygen atoms in total. The summed E-state index contributed by atoms with van der Waals surface area (Å²) < 4.78 is 135. The van der Waals surface area contributed by atoms with E-state index in [0.29, 0.717) is 28.2 Å². The lowest BCUT2D eigenvalue weighted by Crippen LogP contribution is -2.41. The average molecular weight is 1400 g/mol. The molecule has 10 rings (SSSR count). The van der Waals surface area contributed by atoms with Gasteiger partial charge < -0.3 is 53.2 Å². The maximum absolute atomic E-state index is 17.8. The second-order valence-electron chi connectivity index (χ2n) is 21.8. The zero-order valence-corrected chi connectivity index (χ0v) is 54.4. The van der Waals surface area contributed by atoms with Crippen LogP contribution in [0.1, 0.15) is 52.2 Å². The van der Waals surface area contributed by atoms with Crippen LogP contribution in [-0.4, -0.2) is 163 Å². The molecule has 1 amide bonds. The van der Waals surface area contributed by atoms with Crippen molar-refractivity contribution in [1.82, 2.24) is 28.7 Å². The molecule has 35 heteroatoms. The number of benzene rings is 4. The van der Waals surface area contributed by atoms with Gasteiger partial charge in [-0.2, -0.15) is 10.2 Å². The second kappa shape index (κ2) is 32.1. The Hall–Kier alpha value is -8.96. The summed E-state index contributed by atoms with van der Waals surface area (Å²) in [7, 11) is -5.32. The predicted molar refractivity (Wildman–Crippen MR) is 338 cm³/mol. The van der Waals surface area contributed by atoms with Crippen LogP contribution in [0.15, 0.2) is 170 Å². The van der Waals surface area contributed by atoms with Crippen LogP contribution in [-0.2, 0) is 70.3 Å². The number of phosphoric ester groups is 2. The van der Waals surface area contributed by atoms with Crippen LogP contribution in [0.2, 0.25) is 0 Å². The molecule has 0 bridgehead atoms. The van der Waals surface area contributed by atoms with E-state index in [1.807, 2.05) is 6.07 Å². The van der Waals surface area contributed by atoms with Gasteiger partial charge in [0.05, 0.1) is 53.1 Å². The fourth-order valence-corrected chi connectivity index (χ4v) is 13.9. The highest BCUT2D eigenvalue weighted by molar-refractivity contribution is 7.48. The van der Waals surface area contributed by atoms with E-state index in [1.165, 1.54) is 33.6 Å². The number of nitriles is 1. The van der Waals surface area contributed by atoms with E-state index in [0.717, 1.165) is 45.3 Å². The highest BCUT2D eigenvalue weighted by Crippen LogP contribution is 2.57. The Morgan fingerprint density at radius 1 is 0.643 bits per heavy atom. The van der Waals surface area contributed by atoms with Crippen LogP contribution in [0.5, 0.6) is 11.5 Å². The van der Waals surface area contributed by atoms with E-state index >= 15 is 13.5 Å². The number of aromatic nitrogens is 6. The van der Waals surface area contributed by atoms with Crippen LogP contribution in [0.3, 0.4) is 0 Å². The molecule has 3 fully saturated rings. The van der Waals surface area contributed by atoms with Crippen LogP contribution >= 0.6 is 15.6 Å². The van der Waals surface area contributed by atoms with Gasteiger partial charge in [0.2, 0.25) is 6.54 Å². The Balaban J connectivity index is 0.965. The summed E-state index contributed by atoms with van der Waals surface area (Å²) in [4.78, 5) is 89.4. The summed E-state index contributed by atoms with van der Waals surface area (Å²) in [5.74, 6) is 0.304. The first-order chi connectivity index (χ1) is 47.3. The highest BCUT2D eigenvalue weighted by Gasteiger charge is 2.56. The second-order valence-corrected chi connectivity index (χ2v) is 25.0. The van der Waals surface area contributed by atoms with Crippen molar-refractivity contribution < 1.29 is 88.5 Å². The van der Waals surface area contributed by atoms with Gasteiger partial charge in [0.15, 0.2) is 24.9 Å². The molecule has 4 aromatic carbocycles. The first-order valence-electron chi connectivity index (χ1n) is 30.0. The lowest BCUT2D eigenvalue weighted by Gasteiger charge is -2.37. The van der Waals surface area contributed by atoms with Gasteiger partial charge in [0.1, 0.15) is 78.4 Å². The van der Waals surface area contributed by atoms with Crippen LogP contribution < -0.4 is 43.0 Å². The first kappa shape index (κ1) is 71.8. The molecule has 3 aromatic heterocycles. The van der Waals surface area contributed by atoms with Crippen molar-refractivity contribution in [3.63, 3.8) is 0 Å². The van der Waals surface area contributed by atoms with Crippen molar-refractivity contribution in [3.8, 4) is 17.6 Å². The van der Waals surface area contributed by atoms with Crippen molar-refractivity contribution in [2.24, 2.45) is 0 Å². The monoisotopic (exact) mass is 1400 g/mol. The Bertz CT molecular complexity index is 4340. The average Bonchev–Trinajstić information content (AvgIpc) is 1.07. The molecule has 3 aliphatic heterocycles. The summed E-state index contributed by atoms with van der Waals surface area (Å²) in [5, 5.41) is 23.7. The molecule has 14 atom stereocenters. The molecule has 6 heterocycles. The van der Waals surface area contributed by atoms with Crippen molar-refractivity contribution in [2.75, 3.05) is 73.3 Å². The molecule has 0 radical (unpaired) electrons. The number of hydrogen-bond donors (Lipinski definition) is 4. The Morgan fingerprint density at radius 2 is 1.14 bits per heavy atom. The number of rotatable bonds is 31. The van der Waals surface area contributed by atoms with Gasteiger partial charge in [-0.05, 0) is 59.2 Å². The number of alkyl halides is 1. The van der Waals surface area contributed by atoms with Crippen molar-refractivity contribution in [1.29, 1.82) is 5.26 Å². The SMILES string of the molecule is [C-]#[N+]CCOP(=O)(OC[C@H]1O[C@@H](n2ccc(=O)[nH]c2=O)[C@H](OC)[C@@H]1OP(=O)(OCCC#N)OC[C@H]1O[C@@H](n2ccc(NC(=O)c3ccccc3)nc2=O)[C@H](OC)[C@@H]1O)O[C@H]1[C@@H](F)[C@H](n2ccc(=O)[nH]c2=O)O[C@@H]1COC(c1ccccc1)(c1ccc(OC)cc1)c1ccc(OC)cc1. The normalized spacial score (nSPS) is 24.2. The largest absolute Gasteiger partial charge is 0.497 e. The third kappa shape index (κ3) is 16.1. The lowest BCUT2D eigenvalue weighted by molar-refractivity contribution is -0.0965. The fraction of sp³-hybridized carbons (Fsp3) is 0.381. The smallest absolute Gasteiger partial charge is 0.475 e. The Labute approximate surface area is 556 Å². The number of ether oxygens (including phenoxy) is 8. The summed E-state index contributed by atoms with van der Waals surface area (Å²) in [6.45, 7) is 3.12. The molecule has 0 aliphatic carbocycles. The third-order valence-corrected chi connectivity index (χ3v) is 18.8. The van der Waals surface area contributed by atoms with Crippen LogP contribution in [0, 0.1) is 17.9 Å². The minimum Gasteiger partial charge on any atom is -0.497 e. The number of H-pyrrole nitrogens is 2. The van der Waals surface area contributed by atoms with Gasteiger partial charge in [0, 0.05) is 50.5 Å². The van der Waals surface area contributed by atoms with E-state index < -0.39 is 175 Å². The van der Waals surface area contributed by atoms with E-state index in [1.54, 1.807) is 109 Å². The minimum atomic E-state index is -5.41. The molecular formula is C63H66FN9O23P2. The third-order valence-electron chi connectivity index (χ3n) is 15.9. The maximum atomic E-state index is 17.8. The van der Waals surface area contributed by atoms with Gasteiger partial charge in [-0.1, -0.05) is 72.8 Å². The number of phosphoric acid groups is 2. The Kier molecular flexibility index (Phi) is 23.6. The van der Waals surface area contributed by atoms with Gasteiger partial charge in [0.25, 0.3) is 17.0 Å². The van der Waals surface area contributed by atoms with E-state index in [2.05, 4.69) is 25.1 Å². The molecule has 518 valence electrons. The molecule has 98 heavy (non-hydrogen) atoms. The van der Waals surface area contributed by atoms with Crippen molar-refractivity contribution >= 4 is 27.4 Å². The molecule has 0 spiro atoms. The number of halogens is 1. The van der Waals surface area contributed by atoms with E-state index in [9.17, 15) is 39.1 Å². The molecule has 7 aromatic rings. The number of methoxy groups -OCH3 is 4. The van der Waals surface area contributed by atoms with E-state index in [4.69, 9.17) is 71.6 Å². The van der Waals surface area contributed by atoms with Gasteiger partial charge in [-0.25, -0.2) is 34.5 Å². The van der Waals surface area contributed by atoms with Crippen LogP contribution in [0.25, 0.3) is 4.85 Å². The van der Waals surface area contributed by atoms with Crippen molar-refractivity contribution in [3.05, 3.63) is 232 Å². The predicted octanol–water partition coefficient (Wildman–Crippen LogP) is 4.93. The zero-order valence-electron chi connectivity index (χ0n) is 52.6. The Morgan fingerprint density at radius 3 is 1.69 bits per heavy atom. The fourth-order valence-electron chi connectivity index (χ4n) is 11.2. The molecule has 4 N–H and O–H groups in total. The first-order valence-corrected chi connectivity index (χ1v) is 33.0. The molecule has 3 aliphatic rings. The number of anilines is 1. The van der Waals surface area contributed by atoms with E-state index in [-0.39, 0.29) is 11.4 Å². The molecule has 3 saturated heterocycles. The summed E-state index contributed by atoms with van der Waals surface area (Å²) in [6, 6.07) is 35.8. The quantitative estimate of drug-likeness (QED) is 0.0194. The number of hydrogen-bond acceptors (Lipinski definition) is 25. The summed E-state index contributed by atoms with van der Waals surface area (Å²) in [5.41, 5.74) is -4.52. The number of carbonyl (C=O) groups excluding carboxylic acids is 1. The van der Waals surface area contributed by atoms with Gasteiger partial charge in [-0.15, -0.1) is 0 Å². The topological polar surface area (TPSA) is 385 Å². The summed E-state index contributed by atoms with van der Waals surface area (Å²) >= 11 is 0. The molecule has 0 saturated carbocycles. The van der Waals surface area contributed by atoms with Crippen molar-refractivity contribution in [2.45, 2.75) is 85.7 Å². The number of aliphatic hydroxyl groups excluding tert-OH is 1.